The van der Waals surface area contributed by atoms with E-state index < -0.39 is 11.9 Å². The zero-order valence-corrected chi connectivity index (χ0v) is 17.3. The molecule has 0 spiro atoms. The highest BCUT2D eigenvalue weighted by atomic mass is 79.9. The molecule has 6 nitrogen and oxygen atoms in total. The first-order valence-electron chi connectivity index (χ1n) is 8.54. The lowest BCUT2D eigenvalue weighted by molar-refractivity contribution is -0.136. The number of benzene rings is 1. The van der Waals surface area contributed by atoms with Gasteiger partial charge in [0.05, 0.1) is 20.1 Å². The quantitative estimate of drug-likeness (QED) is 0.730. The third kappa shape index (κ3) is 3.48. The smallest absolute Gasteiger partial charge is 0.340 e. The Morgan fingerprint density at radius 3 is 2.63 bits per heavy atom. The number of rotatable bonds is 3. The summed E-state index contributed by atoms with van der Waals surface area (Å²) < 4.78 is 17.0. The van der Waals surface area contributed by atoms with Gasteiger partial charge in [-0.1, -0.05) is 29.8 Å². The Balaban J connectivity index is 2.28. The predicted octanol–water partition coefficient (Wildman–Crippen LogP) is 3.56. The van der Waals surface area contributed by atoms with E-state index >= 15 is 0 Å². The van der Waals surface area contributed by atoms with Gasteiger partial charge in [-0.2, -0.15) is 0 Å². The summed E-state index contributed by atoms with van der Waals surface area (Å²) in [5, 5.41) is 0. The van der Waals surface area contributed by atoms with Gasteiger partial charge in [0.2, 0.25) is 5.88 Å². The molecular formula is C20H22BrNO5. The Morgan fingerprint density at radius 2 is 2.00 bits per heavy atom. The number of ether oxygens (including phenoxy) is 3. The molecule has 0 saturated carbocycles. The number of esters is 1. The number of Topliss-reactive ketones (excluding diaryl/α,β-unsaturated/α-hetero) is 1. The fourth-order valence-electron chi connectivity index (χ4n) is 3.74. The molecule has 0 bridgehead atoms. The zero-order chi connectivity index (χ0) is 19.9. The number of halogens is 1. The molecular weight excluding hydrogens is 414 g/mol. The number of allylic oxidation sites excluding steroid dienone is 2. The minimum Gasteiger partial charge on any atom is -0.496 e. The van der Waals surface area contributed by atoms with E-state index in [0.29, 0.717) is 35.5 Å². The van der Waals surface area contributed by atoms with Gasteiger partial charge in [-0.15, -0.1) is 0 Å². The van der Waals surface area contributed by atoms with E-state index in [1.165, 1.54) is 14.2 Å². The lowest BCUT2D eigenvalue weighted by Crippen LogP contribution is -2.35. The number of carbonyl (C=O) groups excluding carboxylic acids is 2. The van der Waals surface area contributed by atoms with E-state index in [1.54, 1.807) is 6.07 Å². The van der Waals surface area contributed by atoms with Crippen LogP contribution in [0.25, 0.3) is 0 Å². The van der Waals surface area contributed by atoms with Gasteiger partial charge < -0.3 is 19.9 Å². The summed E-state index contributed by atoms with van der Waals surface area (Å²) >= 11 is 3.45. The Morgan fingerprint density at radius 1 is 1.30 bits per heavy atom. The highest BCUT2D eigenvalue weighted by Gasteiger charge is 2.45. The van der Waals surface area contributed by atoms with Crippen LogP contribution in [0.2, 0.25) is 0 Å². The fraction of sp³-hybridized carbons (Fsp3) is 0.400. The molecule has 1 aliphatic carbocycles. The van der Waals surface area contributed by atoms with Crippen molar-refractivity contribution < 1.29 is 23.8 Å². The summed E-state index contributed by atoms with van der Waals surface area (Å²) in [5.74, 6) is -0.404. The van der Waals surface area contributed by atoms with Crippen LogP contribution in [0.4, 0.5) is 0 Å². The highest BCUT2D eigenvalue weighted by molar-refractivity contribution is 9.10. The maximum atomic E-state index is 13.1. The fourth-order valence-corrected chi connectivity index (χ4v) is 4.11. The monoisotopic (exact) mass is 435 g/mol. The van der Waals surface area contributed by atoms with Crippen molar-refractivity contribution >= 4 is 27.7 Å². The van der Waals surface area contributed by atoms with Gasteiger partial charge in [0.25, 0.3) is 0 Å². The first-order valence-corrected chi connectivity index (χ1v) is 9.33. The zero-order valence-electron chi connectivity index (χ0n) is 15.7. The van der Waals surface area contributed by atoms with Crippen LogP contribution in [0.15, 0.2) is 45.5 Å². The van der Waals surface area contributed by atoms with Crippen molar-refractivity contribution in [2.75, 3.05) is 14.2 Å². The summed E-state index contributed by atoms with van der Waals surface area (Å²) in [6.07, 6.45) is 0.909. The molecule has 1 atom stereocenters. The van der Waals surface area contributed by atoms with Crippen LogP contribution >= 0.6 is 15.9 Å². The maximum Gasteiger partial charge on any atom is 0.340 e. The van der Waals surface area contributed by atoms with E-state index in [4.69, 9.17) is 19.9 Å². The third-order valence-electron chi connectivity index (χ3n) is 4.86. The number of ketones is 1. The Kier molecular flexibility index (Phi) is 5.08. The highest BCUT2D eigenvalue weighted by Crippen LogP contribution is 2.50. The van der Waals surface area contributed by atoms with Crippen LogP contribution in [0.3, 0.4) is 0 Å². The molecule has 0 saturated heterocycles. The van der Waals surface area contributed by atoms with Gasteiger partial charge >= 0.3 is 5.97 Å². The molecule has 1 aromatic carbocycles. The summed E-state index contributed by atoms with van der Waals surface area (Å²) in [7, 11) is 2.81. The number of carbonyl (C=O) groups is 2. The van der Waals surface area contributed by atoms with Crippen LogP contribution in [0, 0.1) is 5.41 Å². The van der Waals surface area contributed by atoms with E-state index in [9.17, 15) is 9.59 Å². The standard InChI is InChI=1S/C20H22BrNO5/c1-20(2)8-12(23)16-14(9-20)27-18(22)17(19(24)26-4)15(16)11-7-10(21)5-6-13(11)25-3/h5-7,15H,8-9,22H2,1-4H3. The van der Waals surface area contributed by atoms with Gasteiger partial charge in [0.1, 0.15) is 17.1 Å². The molecule has 0 fully saturated rings. The van der Waals surface area contributed by atoms with Crippen LogP contribution in [-0.2, 0) is 19.1 Å². The summed E-state index contributed by atoms with van der Waals surface area (Å²) in [5.41, 5.74) is 7.08. The van der Waals surface area contributed by atoms with Gasteiger partial charge in [0.15, 0.2) is 5.78 Å². The Labute approximate surface area is 166 Å². The summed E-state index contributed by atoms with van der Waals surface area (Å²) in [6, 6.07) is 5.42. The lowest BCUT2D eigenvalue weighted by Gasteiger charge is -2.38. The SMILES string of the molecule is COC(=O)C1=C(N)OC2=C(C(=O)CC(C)(C)C2)C1c1cc(Br)ccc1OC. The average Bonchev–Trinajstić information content (AvgIpc) is 2.58. The number of hydrogen-bond donors (Lipinski definition) is 1. The van der Waals surface area contributed by atoms with Crippen LogP contribution in [0.1, 0.15) is 38.2 Å². The number of hydrogen-bond acceptors (Lipinski definition) is 6. The summed E-state index contributed by atoms with van der Waals surface area (Å²) in [6.45, 7) is 4.00. The number of nitrogens with two attached hydrogens (primary N) is 1. The predicted molar refractivity (Wildman–Crippen MR) is 103 cm³/mol. The molecule has 2 N–H and O–H groups in total. The van der Waals surface area contributed by atoms with Gasteiger partial charge in [0, 0.05) is 28.5 Å². The maximum absolute atomic E-state index is 13.1. The first kappa shape index (κ1) is 19.5. The van der Waals surface area contributed by atoms with E-state index in [1.807, 2.05) is 26.0 Å². The molecule has 3 rings (SSSR count). The largest absolute Gasteiger partial charge is 0.496 e. The lowest BCUT2D eigenvalue weighted by atomic mass is 9.70. The molecule has 0 radical (unpaired) electrons. The third-order valence-corrected chi connectivity index (χ3v) is 5.36. The van der Waals surface area contributed by atoms with Crippen molar-refractivity contribution in [2.24, 2.45) is 11.1 Å². The minimum atomic E-state index is -0.711. The summed E-state index contributed by atoms with van der Waals surface area (Å²) in [4.78, 5) is 25.6. The van der Waals surface area contributed by atoms with Gasteiger partial charge in [-0.3, -0.25) is 4.79 Å². The molecule has 27 heavy (non-hydrogen) atoms. The molecule has 2 aliphatic rings. The van der Waals surface area contributed by atoms with Gasteiger partial charge in [-0.25, -0.2) is 4.79 Å². The Hall–Kier alpha value is -2.28. The normalized spacial score (nSPS) is 21.5. The molecule has 1 aliphatic heterocycles. The van der Waals surface area contributed by atoms with Gasteiger partial charge in [-0.05, 0) is 23.6 Å². The average molecular weight is 436 g/mol. The van der Waals surface area contributed by atoms with Crippen LogP contribution in [-0.4, -0.2) is 26.0 Å². The Bertz CT molecular complexity index is 884. The van der Waals surface area contributed by atoms with E-state index in [0.717, 1.165) is 4.47 Å². The molecule has 0 aromatic heterocycles. The molecule has 1 aromatic rings. The number of methoxy groups -OCH3 is 2. The first-order chi connectivity index (χ1) is 12.7. The van der Waals surface area contributed by atoms with Crippen molar-refractivity contribution in [1.82, 2.24) is 0 Å². The van der Waals surface area contributed by atoms with Crippen molar-refractivity contribution in [3.05, 3.63) is 51.0 Å². The second-order valence-electron chi connectivity index (χ2n) is 7.47. The topological polar surface area (TPSA) is 87.9 Å². The molecule has 1 heterocycles. The van der Waals surface area contributed by atoms with Crippen molar-refractivity contribution in [1.29, 1.82) is 0 Å². The van der Waals surface area contributed by atoms with Crippen LogP contribution in [0.5, 0.6) is 5.75 Å². The van der Waals surface area contributed by atoms with E-state index in [2.05, 4.69) is 15.9 Å². The van der Waals surface area contributed by atoms with Crippen molar-refractivity contribution in [3.63, 3.8) is 0 Å². The second kappa shape index (κ2) is 7.03. The molecule has 0 amide bonds. The molecule has 1 unspecified atom stereocenters. The van der Waals surface area contributed by atoms with E-state index in [-0.39, 0.29) is 22.7 Å². The van der Waals surface area contributed by atoms with Crippen LogP contribution < -0.4 is 10.5 Å². The molecule has 144 valence electrons. The molecule has 7 heteroatoms. The van der Waals surface area contributed by atoms with Crippen molar-refractivity contribution in [2.45, 2.75) is 32.6 Å². The van der Waals surface area contributed by atoms with Crippen molar-refractivity contribution in [3.8, 4) is 5.75 Å². The second-order valence-corrected chi connectivity index (χ2v) is 8.38. The minimum absolute atomic E-state index is 0.0434.